The first-order valence-electron chi connectivity index (χ1n) is 12.8. The summed E-state index contributed by atoms with van der Waals surface area (Å²) < 4.78 is 28.6. The Hall–Kier alpha value is -3.07. The van der Waals surface area contributed by atoms with Gasteiger partial charge in [0.2, 0.25) is 11.8 Å². The number of halogens is 2. The van der Waals surface area contributed by atoms with Gasteiger partial charge in [0.25, 0.3) is 10.0 Å². The Morgan fingerprint density at radius 3 is 2.10 bits per heavy atom. The van der Waals surface area contributed by atoms with Crippen LogP contribution in [0.3, 0.4) is 0 Å². The van der Waals surface area contributed by atoms with E-state index in [0.717, 1.165) is 17.1 Å². The molecule has 1 N–H and O–H groups in total. The standard InChI is InChI=1S/C29H33Cl2N3O4S/c1-3-5-19-32-29(36)26(4-2)33(20-22-13-9-10-16-24(22)30)28(35)21-34(27-18-12-11-17-25(27)31)39(37,38)23-14-7-6-8-15-23/h6-18,26H,3-5,19-21H2,1-2H3,(H,32,36)/t26-/m0/s1. The van der Waals surface area contributed by atoms with Crippen LogP contribution in [0.25, 0.3) is 0 Å². The predicted molar refractivity (Wildman–Crippen MR) is 156 cm³/mol. The van der Waals surface area contributed by atoms with E-state index < -0.39 is 28.5 Å². The van der Waals surface area contributed by atoms with Crippen LogP contribution in [-0.2, 0) is 26.2 Å². The summed E-state index contributed by atoms with van der Waals surface area (Å²) >= 11 is 12.8. The maximum atomic E-state index is 14.0. The minimum Gasteiger partial charge on any atom is -0.354 e. The van der Waals surface area contributed by atoms with Crippen molar-refractivity contribution in [1.29, 1.82) is 0 Å². The van der Waals surface area contributed by atoms with Gasteiger partial charge in [-0.1, -0.05) is 92.0 Å². The van der Waals surface area contributed by atoms with Crippen LogP contribution in [0.1, 0.15) is 38.7 Å². The molecule has 0 radical (unpaired) electrons. The molecule has 0 bridgehead atoms. The fraction of sp³-hybridized carbons (Fsp3) is 0.310. The Kier molecular flexibility index (Phi) is 11.2. The second-order valence-corrected chi connectivity index (χ2v) is 11.6. The number of para-hydroxylation sites is 1. The van der Waals surface area contributed by atoms with E-state index in [9.17, 15) is 18.0 Å². The number of amides is 2. The van der Waals surface area contributed by atoms with Crippen LogP contribution >= 0.6 is 23.2 Å². The number of hydrogen-bond acceptors (Lipinski definition) is 4. The molecule has 0 aliphatic rings. The number of rotatable bonds is 13. The molecule has 39 heavy (non-hydrogen) atoms. The van der Waals surface area contributed by atoms with E-state index in [2.05, 4.69) is 5.32 Å². The van der Waals surface area contributed by atoms with Gasteiger partial charge in [0.1, 0.15) is 12.6 Å². The number of nitrogens with zero attached hydrogens (tertiary/aromatic N) is 2. The van der Waals surface area contributed by atoms with Gasteiger partial charge in [-0.25, -0.2) is 8.42 Å². The molecular weight excluding hydrogens is 557 g/mol. The van der Waals surface area contributed by atoms with Crippen LogP contribution in [0.4, 0.5) is 5.69 Å². The molecule has 0 fully saturated rings. The van der Waals surface area contributed by atoms with Crippen molar-refractivity contribution in [3.05, 3.63) is 94.5 Å². The van der Waals surface area contributed by atoms with E-state index in [-0.39, 0.29) is 28.1 Å². The van der Waals surface area contributed by atoms with Crippen molar-refractivity contribution in [1.82, 2.24) is 10.2 Å². The average Bonchev–Trinajstić information content (AvgIpc) is 2.93. The summed E-state index contributed by atoms with van der Waals surface area (Å²) in [5.41, 5.74) is 0.803. The molecule has 0 aliphatic heterocycles. The van der Waals surface area contributed by atoms with Gasteiger partial charge >= 0.3 is 0 Å². The maximum absolute atomic E-state index is 14.0. The van der Waals surface area contributed by atoms with Gasteiger partial charge in [-0.15, -0.1) is 0 Å². The highest BCUT2D eigenvalue weighted by molar-refractivity contribution is 7.92. The fourth-order valence-electron chi connectivity index (χ4n) is 4.12. The largest absolute Gasteiger partial charge is 0.354 e. The highest BCUT2D eigenvalue weighted by Crippen LogP contribution is 2.31. The van der Waals surface area contributed by atoms with Crippen molar-refractivity contribution < 1.29 is 18.0 Å². The second kappa shape index (κ2) is 14.4. The third-order valence-electron chi connectivity index (χ3n) is 6.25. The number of benzene rings is 3. The van der Waals surface area contributed by atoms with Crippen LogP contribution < -0.4 is 9.62 Å². The summed E-state index contributed by atoms with van der Waals surface area (Å²) in [6.07, 6.45) is 2.03. The van der Waals surface area contributed by atoms with Crippen molar-refractivity contribution in [2.45, 2.75) is 50.6 Å². The number of sulfonamides is 1. The molecule has 208 valence electrons. The highest BCUT2D eigenvalue weighted by atomic mass is 35.5. The van der Waals surface area contributed by atoms with Gasteiger partial charge < -0.3 is 10.2 Å². The molecule has 0 aromatic heterocycles. The van der Waals surface area contributed by atoms with Gasteiger partial charge in [0.15, 0.2) is 0 Å². The van der Waals surface area contributed by atoms with Gasteiger partial charge in [0.05, 0.1) is 15.6 Å². The lowest BCUT2D eigenvalue weighted by Crippen LogP contribution is -2.52. The molecule has 0 aliphatic carbocycles. The van der Waals surface area contributed by atoms with Gasteiger partial charge in [0, 0.05) is 18.1 Å². The van der Waals surface area contributed by atoms with Crippen molar-refractivity contribution in [2.75, 3.05) is 17.4 Å². The normalized spacial score (nSPS) is 12.0. The molecule has 3 aromatic carbocycles. The first-order chi connectivity index (χ1) is 18.7. The lowest BCUT2D eigenvalue weighted by molar-refractivity contribution is -0.140. The number of anilines is 1. The van der Waals surface area contributed by atoms with Crippen molar-refractivity contribution in [3.63, 3.8) is 0 Å². The van der Waals surface area contributed by atoms with Crippen molar-refractivity contribution >= 4 is 50.7 Å². The molecule has 1 atom stereocenters. The molecule has 0 unspecified atom stereocenters. The summed E-state index contributed by atoms with van der Waals surface area (Å²) in [5.74, 6) is -0.867. The van der Waals surface area contributed by atoms with E-state index in [4.69, 9.17) is 23.2 Å². The van der Waals surface area contributed by atoms with E-state index in [1.165, 1.54) is 17.0 Å². The zero-order valence-electron chi connectivity index (χ0n) is 22.0. The van der Waals surface area contributed by atoms with Gasteiger partial charge in [-0.05, 0) is 48.7 Å². The molecule has 2 amide bonds. The van der Waals surface area contributed by atoms with Crippen molar-refractivity contribution in [3.8, 4) is 0 Å². The Morgan fingerprint density at radius 2 is 1.49 bits per heavy atom. The Balaban J connectivity index is 2.04. The smallest absolute Gasteiger partial charge is 0.264 e. The van der Waals surface area contributed by atoms with Crippen LogP contribution in [0, 0.1) is 0 Å². The lowest BCUT2D eigenvalue weighted by atomic mass is 10.1. The average molecular weight is 591 g/mol. The second-order valence-electron chi connectivity index (χ2n) is 8.96. The number of hydrogen-bond donors (Lipinski definition) is 1. The van der Waals surface area contributed by atoms with Crippen molar-refractivity contribution in [2.24, 2.45) is 0 Å². The summed E-state index contributed by atoms with van der Waals surface area (Å²) in [7, 11) is -4.18. The third-order valence-corrected chi connectivity index (χ3v) is 8.71. The summed E-state index contributed by atoms with van der Waals surface area (Å²) in [6, 6.07) is 20.5. The van der Waals surface area contributed by atoms with Gasteiger partial charge in [-0.3, -0.25) is 13.9 Å². The van der Waals surface area contributed by atoms with Crippen LogP contribution in [0.2, 0.25) is 10.0 Å². The molecule has 0 spiro atoms. The summed E-state index contributed by atoms with van der Waals surface area (Å²) in [6.45, 7) is 3.77. The zero-order chi connectivity index (χ0) is 28.4. The van der Waals surface area contributed by atoms with Crippen LogP contribution in [-0.4, -0.2) is 44.3 Å². The minimum absolute atomic E-state index is 0.0136. The topological polar surface area (TPSA) is 86.8 Å². The van der Waals surface area contributed by atoms with E-state index in [1.54, 1.807) is 66.7 Å². The Bertz CT molecular complexity index is 1370. The van der Waals surface area contributed by atoms with E-state index in [0.29, 0.717) is 23.6 Å². The predicted octanol–water partition coefficient (Wildman–Crippen LogP) is 5.91. The van der Waals surface area contributed by atoms with Gasteiger partial charge in [-0.2, -0.15) is 0 Å². The Morgan fingerprint density at radius 1 is 0.872 bits per heavy atom. The minimum atomic E-state index is -4.18. The molecule has 0 heterocycles. The molecule has 0 saturated heterocycles. The zero-order valence-corrected chi connectivity index (χ0v) is 24.3. The van der Waals surface area contributed by atoms with Crippen LogP contribution in [0.15, 0.2) is 83.8 Å². The maximum Gasteiger partial charge on any atom is 0.264 e. The van der Waals surface area contributed by atoms with E-state index >= 15 is 0 Å². The quantitative estimate of drug-likeness (QED) is 0.251. The SMILES string of the molecule is CCCCNC(=O)[C@H](CC)N(Cc1ccccc1Cl)C(=O)CN(c1ccccc1Cl)S(=O)(=O)c1ccccc1. The summed E-state index contributed by atoms with van der Waals surface area (Å²) in [4.78, 5) is 28.6. The number of carbonyl (C=O) groups is 2. The first-order valence-corrected chi connectivity index (χ1v) is 15.0. The number of carbonyl (C=O) groups excluding carboxylic acids is 2. The first kappa shape index (κ1) is 30.5. The molecule has 7 nitrogen and oxygen atoms in total. The number of unbranched alkanes of at least 4 members (excludes halogenated alkanes) is 1. The van der Waals surface area contributed by atoms with Crippen LogP contribution in [0.5, 0.6) is 0 Å². The molecule has 10 heteroatoms. The fourth-order valence-corrected chi connectivity index (χ4v) is 6.06. The highest BCUT2D eigenvalue weighted by Gasteiger charge is 2.34. The third kappa shape index (κ3) is 7.75. The monoisotopic (exact) mass is 589 g/mol. The summed E-state index contributed by atoms with van der Waals surface area (Å²) in [5, 5.41) is 3.52. The van der Waals surface area contributed by atoms with E-state index in [1.807, 2.05) is 13.8 Å². The Labute approximate surface area is 240 Å². The molecule has 3 aromatic rings. The number of nitrogens with one attached hydrogen (secondary N) is 1. The molecule has 3 rings (SSSR count). The molecule has 0 saturated carbocycles. The lowest BCUT2D eigenvalue weighted by Gasteiger charge is -2.33. The molecular formula is C29H33Cl2N3O4S.